The second-order valence-corrected chi connectivity index (χ2v) is 14.1. The van der Waals surface area contributed by atoms with Gasteiger partial charge in [-0.3, -0.25) is 9.68 Å². The number of rotatable bonds is 8. The number of hydrogen-bond acceptors (Lipinski definition) is 6. The minimum absolute atomic E-state index is 0.0470. The molecule has 8 heteroatoms. The third-order valence-electron chi connectivity index (χ3n) is 11.2. The largest absolute Gasteiger partial charge is 0.497 e. The number of piperidine rings is 2. The van der Waals surface area contributed by atoms with Gasteiger partial charge in [0.2, 0.25) is 0 Å². The third kappa shape index (κ3) is 6.52. The highest BCUT2D eigenvalue weighted by Gasteiger charge is 2.52. The average molecular weight is 609 g/mol. The van der Waals surface area contributed by atoms with Gasteiger partial charge in [-0.05, 0) is 49.2 Å². The van der Waals surface area contributed by atoms with Crippen LogP contribution in [0.5, 0.6) is 11.5 Å². The van der Waals surface area contributed by atoms with E-state index in [9.17, 15) is 9.59 Å². The van der Waals surface area contributed by atoms with Crippen molar-refractivity contribution in [3.63, 3.8) is 0 Å². The zero-order valence-corrected chi connectivity index (χ0v) is 28.3. The molecule has 0 amide bonds. The molecule has 0 aromatic heterocycles. The summed E-state index contributed by atoms with van der Waals surface area (Å²) in [4.78, 5) is 38.0. The number of carbonyl (C=O) groups is 2. The molecule has 0 N–H and O–H groups in total. The zero-order chi connectivity index (χ0) is 32.5. The van der Waals surface area contributed by atoms with Gasteiger partial charge in [0.25, 0.3) is 0 Å². The molecule has 0 bridgehead atoms. The number of nitrogens with zero attached hydrogens (tertiary/aromatic N) is 2. The summed E-state index contributed by atoms with van der Waals surface area (Å²) >= 11 is 0. The van der Waals surface area contributed by atoms with Crippen molar-refractivity contribution in [2.24, 2.45) is 11.8 Å². The SMILES string of the molecule is COc1cccc(C2(C)CC(C)[N+](C)(OC(=O)/C=C\C(=O)O[N+]3(C)CC(C)C(C)(c4cccc(OC)c4)CC3C)CC2C)c1. The Labute approximate surface area is 263 Å². The van der Waals surface area contributed by atoms with E-state index in [-0.39, 0.29) is 44.0 Å². The van der Waals surface area contributed by atoms with E-state index in [1.165, 1.54) is 23.3 Å². The van der Waals surface area contributed by atoms with Crippen LogP contribution >= 0.6 is 0 Å². The molecule has 2 heterocycles. The number of ether oxygens (including phenoxy) is 2. The lowest BCUT2D eigenvalue weighted by atomic mass is 9.66. The van der Waals surface area contributed by atoms with E-state index < -0.39 is 11.9 Å². The quantitative estimate of drug-likeness (QED) is 0.265. The molecular formula is C36H52N2O6+2. The molecule has 2 aliphatic rings. The molecule has 8 unspecified atom stereocenters. The molecule has 0 saturated carbocycles. The molecule has 240 valence electrons. The average Bonchev–Trinajstić information content (AvgIpc) is 2.98. The number of methoxy groups -OCH3 is 2. The topological polar surface area (TPSA) is 71.1 Å². The summed E-state index contributed by atoms with van der Waals surface area (Å²) in [7, 11) is 7.25. The van der Waals surface area contributed by atoms with Gasteiger partial charge >= 0.3 is 11.9 Å². The molecule has 0 aliphatic carbocycles. The second-order valence-electron chi connectivity index (χ2n) is 14.1. The molecule has 8 atom stereocenters. The van der Waals surface area contributed by atoms with E-state index in [0.29, 0.717) is 13.1 Å². The van der Waals surface area contributed by atoms with Gasteiger partial charge in [-0.25, -0.2) is 9.59 Å². The highest BCUT2D eigenvalue weighted by atomic mass is 16.8. The highest BCUT2D eigenvalue weighted by molar-refractivity contribution is 5.91. The van der Waals surface area contributed by atoms with Crippen LogP contribution in [0, 0.1) is 11.8 Å². The Morgan fingerprint density at radius 3 is 1.41 bits per heavy atom. The molecule has 2 aromatic rings. The van der Waals surface area contributed by atoms with Gasteiger partial charge in [0.05, 0.1) is 14.2 Å². The Hall–Kier alpha value is -3.36. The zero-order valence-electron chi connectivity index (χ0n) is 28.3. The summed E-state index contributed by atoms with van der Waals surface area (Å²) < 4.78 is 11.2. The van der Waals surface area contributed by atoms with Crippen LogP contribution in [0.25, 0.3) is 0 Å². The monoisotopic (exact) mass is 608 g/mol. The van der Waals surface area contributed by atoms with Crippen molar-refractivity contribution in [1.29, 1.82) is 0 Å². The Bertz CT molecular complexity index is 1290. The fourth-order valence-corrected chi connectivity index (χ4v) is 7.49. The summed E-state index contributed by atoms with van der Waals surface area (Å²) in [6.45, 7) is 14.5. The molecule has 2 aromatic carbocycles. The molecule has 0 spiro atoms. The molecule has 2 saturated heterocycles. The van der Waals surface area contributed by atoms with Crippen molar-refractivity contribution >= 4 is 11.9 Å². The molecule has 8 nitrogen and oxygen atoms in total. The summed E-state index contributed by atoms with van der Waals surface area (Å²) in [6, 6.07) is 16.6. The number of benzene rings is 2. The van der Waals surface area contributed by atoms with Gasteiger partial charge in [0, 0.05) is 47.7 Å². The van der Waals surface area contributed by atoms with Gasteiger partial charge in [-0.2, -0.15) is 0 Å². The summed E-state index contributed by atoms with van der Waals surface area (Å²) in [6.07, 6.45) is 4.06. The first-order chi connectivity index (χ1) is 20.6. The van der Waals surface area contributed by atoms with Gasteiger partial charge in [-0.15, -0.1) is 9.29 Å². The minimum atomic E-state index is -0.554. The molecule has 2 fully saturated rings. The van der Waals surface area contributed by atoms with E-state index in [2.05, 4.69) is 65.8 Å². The maximum absolute atomic E-state index is 13.0. The molecular weight excluding hydrogens is 556 g/mol. The van der Waals surface area contributed by atoms with Crippen molar-refractivity contribution in [3.05, 3.63) is 71.8 Å². The minimum Gasteiger partial charge on any atom is -0.497 e. The van der Waals surface area contributed by atoms with Crippen LogP contribution in [0.15, 0.2) is 60.7 Å². The fraction of sp³-hybridized carbons (Fsp3) is 0.556. The second kappa shape index (κ2) is 12.6. The number of hydroxylamine groups is 6. The maximum Gasteiger partial charge on any atom is 0.390 e. The smallest absolute Gasteiger partial charge is 0.390 e. The van der Waals surface area contributed by atoms with Gasteiger partial charge < -0.3 is 9.47 Å². The lowest BCUT2D eigenvalue weighted by molar-refractivity contribution is -1.10. The summed E-state index contributed by atoms with van der Waals surface area (Å²) in [5.74, 6) is 1.03. The summed E-state index contributed by atoms with van der Waals surface area (Å²) in [5, 5.41) is 0. The van der Waals surface area contributed by atoms with Crippen LogP contribution in [-0.4, -0.2) is 74.7 Å². The first kappa shape index (κ1) is 33.5. The van der Waals surface area contributed by atoms with Crippen LogP contribution in [-0.2, 0) is 30.1 Å². The lowest BCUT2D eigenvalue weighted by Gasteiger charge is -2.50. The number of carbonyl (C=O) groups excluding carboxylic acids is 2. The standard InChI is InChI=1S/C36H52N2O6/c1-25-23-37(7,27(3)21-35(25,5)29-13-11-15-31(19-29)41-9)43-33(39)17-18-34(40)44-38(8)24-26(2)36(6,22-28(38)4)30-14-12-16-32(20-30)42-10/h11-20,25-28H,21-24H2,1-10H3/q+2/b18-17-. The van der Waals surface area contributed by atoms with E-state index in [0.717, 1.165) is 24.3 Å². The Morgan fingerprint density at radius 2 is 1.07 bits per heavy atom. The maximum atomic E-state index is 13.0. The van der Waals surface area contributed by atoms with Gasteiger partial charge in [0.1, 0.15) is 50.8 Å². The van der Waals surface area contributed by atoms with Crippen molar-refractivity contribution in [1.82, 2.24) is 0 Å². The van der Waals surface area contributed by atoms with Crippen LogP contribution in [0.2, 0.25) is 0 Å². The fourth-order valence-electron chi connectivity index (χ4n) is 7.49. The molecule has 2 aliphatic heterocycles. The van der Waals surface area contributed by atoms with Crippen LogP contribution in [0.1, 0.15) is 65.5 Å². The first-order valence-corrected chi connectivity index (χ1v) is 15.7. The van der Waals surface area contributed by atoms with Crippen molar-refractivity contribution in [2.45, 2.75) is 77.3 Å². The van der Waals surface area contributed by atoms with E-state index in [1.807, 2.05) is 38.4 Å². The van der Waals surface area contributed by atoms with Crippen molar-refractivity contribution in [3.8, 4) is 11.5 Å². The highest BCUT2D eigenvalue weighted by Crippen LogP contribution is 2.46. The molecule has 4 rings (SSSR count). The van der Waals surface area contributed by atoms with Crippen LogP contribution < -0.4 is 9.47 Å². The van der Waals surface area contributed by atoms with E-state index >= 15 is 0 Å². The van der Waals surface area contributed by atoms with Crippen LogP contribution in [0.3, 0.4) is 0 Å². The molecule has 44 heavy (non-hydrogen) atoms. The Kier molecular flexibility index (Phi) is 9.57. The van der Waals surface area contributed by atoms with Gasteiger partial charge in [0.15, 0.2) is 0 Å². The number of hydrogen-bond donors (Lipinski definition) is 0. The summed E-state index contributed by atoms with van der Waals surface area (Å²) in [5.41, 5.74) is 2.25. The Balaban J connectivity index is 1.38. The van der Waals surface area contributed by atoms with Crippen molar-refractivity contribution in [2.75, 3.05) is 41.4 Å². The normalized spacial score (nSPS) is 35.6. The van der Waals surface area contributed by atoms with Gasteiger partial charge in [-0.1, -0.05) is 52.0 Å². The first-order valence-electron chi connectivity index (χ1n) is 15.7. The van der Waals surface area contributed by atoms with E-state index in [1.54, 1.807) is 14.2 Å². The van der Waals surface area contributed by atoms with Crippen LogP contribution in [0.4, 0.5) is 0 Å². The predicted octanol–water partition coefficient (Wildman–Crippen LogP) is 6.14. The predicted molar refractivity (Wildman–Crippen MR) is 171 cm³/mol. The number of likely N-dealkylation sites (tertiary alicyclic amines) is 2. The Morgan fingerprint density at radius 1 is 0.705 bits per heavy atom. The van der Waals surface area contributed by atoms with E-state index in [4.69, 9.17) is 19.1 Å². The molecule has 0 radical (unpaired) electrons. The lowest BCUT2D eigenvalue weighted by Crippen LogP contribution is -2.62. The van der Waals surface area contributed by atoms with Crippen molar-refractivity contribution < 1.29 is 38.0 Å². The third-order valence-corrected chi connectivity index (χ3v) is 11.2. The number of quaternary nitrogens is 2.